The summed E-state index contributed by atoms with van der Waals surface area (Å²) >= 11 is 0. The molecular weight excluding hydrogens is 212 g/mol. The van der Waals surface area contributed by atoms with E-state index in [1.165, 1.54) is 19.3 Å². The Labute approximate surface area is 105 Å². The minimum Gasteiger partial charge on any atom is -0.340 e. The molecule has 1 aliphatic heterocycles. The van der Waals surface area contributed by atoms with E-state index in [0.29, 0.717) is 23.8 Å². The lowest BCUT2D eigenvalue weighted by Crippen LogP contribution is -2.45. The number of rotatable bonds is 2. The zero-order valence-corrected chi connectivity index (χ0v) is 11.0. The molecule has 2 rings (SSSR count). The summed E-state index contributed by atoms with van der Waals surface area (Å²) in [5.41, 5.74) is 5.69. The van der Waals surface area contributed by atoms with E-state index < -0.39 is 0 Å². The first-order valence-electron chi connectivity index (χ1n) is 7.23. The smallest absolute Gasteiger partial charge is 0.225 e. The molecule has 0 aromatic heterocycles. The Balaban J connectivity index is 1.87. The van der Waals surface area contributed by atoms with Crippen molar-refractivity contribution >= 4 is 5.91 Å². The maximum atomic E-state index is 12.5. The van der Waals surface area contributed by atoms with Crippen molar-refractivity contribution in [1.82, 2.24) is 4.90 Å². The summed E-state index contributed by atoms with van der Waals surface area (Å²) in [6.07, 6.45) is 8.07. The normalized spacial score (nSPS) is 34.7. The predicted octanol–water partition coefficient (Wildman–Crippen LogP) is 2.15. The molecule has 0 bridgehead atoms. The summed E-state index contributed by atoms with van der Waals surface area (Å²) in [5.74, 6) is 1.38. The van der Waals surface area contributed by atoms with Crippen LogP contribution in [0.15, 0.2) is 0 Å². The first kappa shape index (κ1) is 12.9. The molecule has 17 heavy (non-hydrogen) atoms. The van der Waals surface area contributed by atoms with E-state index in [-0.39, 0.29) is 0 Å². The van der Waals surface area contributed by atoms with Crippen molar-refractivity contribution in [3.8, 4) is 0 Å². The summed E-state index contributed by atoms with van der Waals surface area (Å²) in [4.78, 5) is 14.6. The van der Waals surface area contributed by atoms with Crippen LogP contribution in [0.25, 0.3) is 0 Å². The Kier molecular flexibility index (Phi) is 4.43. The summed E-state index contributed by atoms with van der Waals surface area (Å²) in [6, 6.07) is 0.462. The van der Waals surface area contributed by atoms with Crippen LogP contribution in [0, 0.1) is 11.8 Å². The van der Waals surface area contributed by atoms with Crippen molar-refractivity contribution in [3.05, 3.63) is 0 Å². The topological polar surface area (TPSA) is 46.3 Å². The second-order valence-electron chi connectivity index (χ2n) is 5.83. The number of carbonyl (C=O) groups excluding carboxylic acids is 1. The van der Waals surface area contributed by atoms with E-state index in [1.807, 2.05) is 0 Å². The maximum absolute atomic E-state index is 12.5. The third-order valence-corrected chi connectivity index (χ3v) is 4.62. The Bertz CT molecular complexity index is 259. The third-order valence-electron chi connectivity index (χ3n) is 4.62. The SMILES string of the molecule is CC1CCCCN1C(=O)C1CCC(CN)CC1. The molecule has 3 heteroatoms. The van der Waals surface area contributed by atoms with Gasteiger partial charge in [-0.1, -0.05) is 0 Å². The lowest BCUT2D eigenvalue weighted by atomic mass is 9.81. The van der Waals surface area contributed by atoms with E-state index in [4.69, 9.17) is 5.73 Å². The molecule has 1 saturated carbocycles. The standard InChI is InChI=1S/C14H26N2O/c1-11-4-2-3-9-16(11)14(17)13-7-5-12(10-15)6-8-13/h11-13H,2-10,15H2,1H3. The van der Waals surface area contributed by atoms with Crippen LogP contribution in [0.1, 0.15) is 51.9 Å². The fourth-order valence-electron chi connectivity index (χ4n) is 3.31. The van der Waals surface area contributed by atoms with Gasteiger partial charge in [-0.05, 0) is 64.3 Å². The summed E-state index contributed by atoms with van der Waals surface area (Å²) in [5, 5.41) is 0. The van der Waals surface area contributed by atoms with Gasteiger partial charge in [0, 0.05) is 18.5 Å². The van der Waals surface area contributed by atoms with Gasteiger partial charge in [0.15, 0.2) is 0 Å². The Morgan fingerprint density at radius 1 is 1.18 bits per heavy atom. The molecule has 2 fully saturated rings. The van der Waals surface area contributed by atoms with Crippen LogP contribution in [-0.2, 0) is 4.79 Å². The zero-order valence-electron chi connectivity index (χ0n) is 11.0. The van der Waals surface area contributed by atoms with Gasteiger partial charge in [0.05, 0.1) is 0 Å². The molecule has 0 radical (unpaired) electrons. The van der Waals surface area contributed by atoms with Crippen LogP contribution >= 0.6 is 0 Å². The Hall–Kier alpha value is -0.570. The molecule has 1 unspecified atom stereocenters. The van der Waals surface area contributed by atoms with Crippen LogP contribution in [0.3, 0.4) is 0 Å². The second-order valence-corrected chi connectivity index (χ2v) is 5.83. The van der Waals surface area contributed by atoms with Crippen molar-refractivity contribution in [2.45, 2.75) is 57.9 Å². The minimum absolute atomic E-state index is 0.290. The van der Waals surface area contributed by atoms with Crippen LogP contribution in [-0.4, -0.2) is 29.9 Å². The molecule has 2 aliphatic rings. The van der Waals surface area contributed by atoms with Crippen molar-refractivity contribution < 1.29 is 4.79 Å². The summed E-state index contributed by atoms with van der Waals surface area (Å²) in [7, 11) is 0. The van der Waals surface area contributed by atoms with Gasteiger partial charge in [0.2, 0.25) is 5.91 Å². The lowest BCUT2D eigenvalue weighted by Gasteiger charge is -2.37. The minimum atomic E-state index is 0.290. The number of piperidine rings is 1. The number of likely N-dealkylation sites (tertiary alicyclic amines) is 1. The first-order valence-corrected chi connectivity index (χ1v) is 7.23. The maximum Gasteiger partial charge on any atom is 0.225 e. The van der Waals surface area contributed by atoms with Gasteiger partial charge in [-0.15, -0.1) is 0 Å². The number of amides is 1. The van der Waals surface area contributed by atoms with Crippen molar-refractivity contribution in [2.75, 3.05) is 13.1 Å². The van der Waals surface area contributed by atoms with Gasteiger partial charge in [0.25, 0.3) is 0 Å². The summed E-state index contributed by atoms with van der Waals surface area (Å²) in [6.45, 7) is 3.97. The predicted molar refractivity (Wildman–Crippen MR) is 69.5 cm³/mol. The number of nitrogens with two attached hydrogens (primary N) is 1. The molecule has 98 valence electrons. The van der Waals surface area contributed by atoms with Gasteiger partial charge in [-0.25, -0.2) is 0 Å². The zero-order chi connectivity index (χ0) is 12.3. The quantitative estimate of drug-likeness (QED) is 0.801. The molecule has 1 atom stereocenters. The molecule has 0 aromatic carbocycles. The van der Waals surface area contributed by atoms with Crippen LogP contribution in [0.2, 0.25) is 0 Å². The third kappa shape index (κ3) is 3.01. The van der Waals surface area contributed by atoms with Crippen LogP contribution < -0.4 is 5.73 Å². The molecule has 1 aliphatic carbocycles. The number of hydrogen-bond donors (Lipinski definition) is 1. The number of carbonyl (C=O) groups is 1. The highest BCUT2D eigenvalue weighted by molar-refractivity contribution is 5.79. The van der Waals surface area contributed by atoms with E-state index in [2.05, 4.69) is 11.8 Å². The molecule has 3 nitrogen and oxygen atoms in total. The van der Waals surface area contributed by atoms with Crippen molar-refractivity contribution in [1.29, 1.82) is 0 Å². The van der Waals surface area contributed by atoms with Gasteiger partial charge >= 0.3 is 0 Å². The summed E-state index contributed by atoms with van der Waals surface area (Å²) < 4.78 is 0. The lowest BCUT2D eigenvalue weighted by molar-refractivity contribution is -0.140. The Morgan fingerprint density at radius 2 is 1.88 bits per heavy atom. The van der Waals surface area contributed by atoms with E-state index in [9.17, 15) is 4.79 Å². The number of hydrogen-bond acceptors (Lipinski definition) is 2. The van der Waals surface area contributed by atoms with Gasteiger partial charge in [-0.2, -0.15) is 0 Å². The van der Waals surface area contributed by atoms with Crippen LogP contribution in [0.4, 0.5) is 0 Å². The number of nitrogens with zero attached hydrogens (tertiary/aromatic N) is 1. The molecule has 0 aromatic rings. The Morgan fingerprint density at radius 3 is 2.47 bits per heavy atom. The fraction of sp³-hybridized carbons (Fsp3) is 0.929. The van der Waals surface area contributed by atoms with Gasteiger partial charge < -0.3 is 10.6 Å². The van der Waals surface area contributed by atoms with Crippen LogP contribution in [0.5, 0.6) is 0 Å². The first-order chi connectivity index (χ1) is 8.22. The molecule has 0 spiro atoms. The van der Waals surface area contributed by atoms with E-state index in [1.54, 1.807) is 0 Å². The highest BCUT2D eigenvalue weighted by atomic mass is 16.2. The molecule has 1 amide bonds. The largest absolute Gasteiger partial charge is 0.340 e. The molecular formula is C14H26N2O. The van der Waals surface area contributed by atoms with E-state index >= 15 is 0 Å². The van der Waals surface area contributed by atoms with E-state index in [0.717, 1.165) is 38.8 Å². The van der Waals surface area contributed by atoms with Gasteiger partial charge in [-0.3, -0.25) is 4.79 Å². The van der Waals surface area contributed by atoms with Crippen molar-refractivity contribution in [2.24, 2.45) is 17.6 Å². The highest BCUT2D eigenvalue weighted by Gasteiger charge is 2.31. The van der Waals surface area contributed by atoms with Crippen molar-refractivity contribution in [3.63, 3.8) is 0 Å². The van der Waals surface area contributed by atoms with Gasteiger partial charge in [0.1, 0.15) is 0 Å². The highest BCUT2D eigenvalue weighted by Crippen LogP contribution is 2.31. The monoisotopic (exact) mass is 238 g/mol. The fourth-order valence-corrected chi connectivity index (χ4v) is 3.31. The molecule has 1 saturated heterocycles. The molecule has 2 N–H and O–H groups in total. The average molecular weight is 238 g/mol. The average Bonchev–Trinajstić information content (AvgIpc) is 2.39. The second kappa shape index (κ2) is 5.85. The molecule has 1 heterocycles.